The number of carbonyl (C=O) groups excluding carboxylic acids is 1. The van der Waals surface area contributed by atoms with Crippen LogP contribution in [0.2, 0.25) is 0 Å². The number of nitrogens with zero attached hydrogens (tertiary/aromatic N) is 4. The Morgan fingerprint density at radius 1 is 1.23 bits per heavy atom. The Labute approximate surface area is 185 Å². The third-order valence-electron chi connectivity index (χ3n) is 5.34. The summed E-state index contributed by atoms with van der Waals surface area (Å²) in [4.78, 5) is 27.2. The number of rotatable bonds is 5. The number of thioether (sulfide) groups is 1. The maximum absolute atomic E-state index is 12.9. The summed E-state index contributed by atoms with van der Waals surface area (Å²) in [6.07, 6.45) is 7.70. The van der Waals surface area contributed by atoms with Gasteiger partial charge in [-0.15, -0.1) is 29.5 Å². The fourth-order valence-electron chi connectivity index (χ4n) is 3.98. The minimum atomic E-state index is 0.195. The van der Waals surface area contributed by atoms with Crippen LogP contribution in [0.3, 0.4) is 0 Å². The highest BCUT2D eigenvalue weighted by molar-refractivity contribution is 7.99. The van der Waals surface area contributed by atoms with E-state index in [1.807, 2.05) is 34.7 Å². The lowest BCUT2D eigenvalue weighted by Crippen LogP contribution is -2.58. The van der Waals surface area contributed by atoms with Gasteiger partial charge in [-0.25, -0.2) is 9.97 Å². The van der Waals surface area contributed by atoms with Crippen molar-refractivity contribution >= 4 is 45.0 Å². The normalized spacial score (nSPS) is 19.1. The second-order valence-electron chi connectivity index (χ2n) is 7.51. The summed E-state index contributed by atoms with van der Waals surface area (Å²) in [7, 11) is 0. The molecule has 2 atom stereocenters. The fraction of sp³-hybridized carbons (Fsp3) is 0.348. The van der Waals surface area contributed by atoms with Crippen LogP contribution in [0, 0.1) is 12.3 Å². The lowest BCUT2D eigenvalue weighted by molar-refractivity contribution is -0.132. The fourth-order valence-corrected chi connectivity index (χ4v) is 5.91. The molecule has 0 bridgehead atoms. The monoisotopic (exact) mass is 436 g/mol. The zero-order valence-corrected chi connectivity index (χ0v) is 18.7. The second kappa shape index (κ2) is 9.07. The van der Waals surface area contributed by atoms with Crippen LogP contribution in [0.5, 0.6) is 0 Å². The first kappa shape index (κ1) is 20.7. The zero-order chi connectivity index (χ0) is 21.1. The van der Waals surface area contributed by atoms with Gasteiger partial charge >= 0.3 is 0 Å². The van der Waals surface area contributed by atoms with E-state index in [9.17, 15) is 4.79 Å². The van der Waals surface area contributed by atoms with Gasteiger partial charge in [-0.3, -0.25) is 4.79 Å². The molecule has 154 valence electrons. The number of carbonyl (C=O) groups is 1. The molecule has 2 unspecified atom stereocenters. The summed E-state index contributed by atoms with van der Waals surface area (Å²) in [6.45, 7) is 5.70. The molecule has 1 saturated heterocycles. The van der Waals surface area contributed by atoms with Crippen molar-refractivity contribution in [3.63, 3.8) is 0 Å². The van der Waals surface area contributed by atoms with Gasteiger partial charge in [0.05, 0.1) is 15.7 Å². The van der Waals surface area contributed by atoms with Crippen LogP contribution in [-0.2, 0) is 4.79 Å². The van der Waals surface area contributed by atoms with E-state index in [4.69, 9.17) is 6.42 Å². The number of amides is 1. The Hall–Kier alpha value is -2.56. The van der Waals surface area contributed by atoms with E-state index in [0.717, 1.165) is 22.7 Å². The van der Waals surface area contributed by atoms with Crippen molar-refractivity contribution in [2.45, 2.75) is 37.2 Å². The van der Waals surface area contributed by atoms with Gasteiger partial charge in [0.1, 0.15) is 5.82 Å². The number of benzene rings is 1. The Morgan fingerprint density at radius 2 is 2.03 bits per heavy atom. The van der Waals surface area contributed by atoms with E-state index < -0.39 is 0 Å². The molecule has 1 aliphatic rings. The molecule has 2 aromatic heterocycles. The first-order valence-corrected chi connectivity index (χ1v) is 11.9. The summed E-state index contributed by atoms with van der Waals surface area (Å²) in [6, 6.07) is 10.4. The number of hydrogen-bond acceptors (Lipinski definition) is 6. The molecule has 30 heavy (non-hydrogen) atoms. The van der Waals surface area contributed by atoms with E-state index in [0.29, 0.717) is 19.5 Å². The van der Waals surface area contributed by atoms with Gasteiger partial charge in [0.25, 0.3) is 0 Å². The first-order valence-electron chi connectivity index (χ1n) is 10.0. The van der Waals surface area contributed by atoms with E-state index in [1.54, 1.807) is 29.3 Å². The van der Waals surface area contributed by atoms with Crippen molar-refractivity contribution in [3.05, 3.63) is 47.6 Å². The average Bonchev–Trinajstić information content (AvgIpc) is 3.23. The Morgan fingerprint density at radius 3 is 2.73 bits per heavy atom. The molecule has 3 heterocycles. The van der Waals surface area contributed by atoms with Crippen LogP contribution < -0.4 is 4.90 Å². The molecule has 1 aliphatic heterocycles. The van der Waals surface area contributed by atoms with E-state index >= 15 is 0 Å². The van der Waals surface area contributed by atoms with E-state index in [2.05, 4.69) is 40.7 Å². The summed E-state index contributed by atoms with van der Waals surface area (Å²) in [5.74, 6) is 4.50. The van der Waals surface area contributed by atoms with Crippen molar-refractivity contribution in [2.24, 2.45) is 0 Å². The van der Waals surface area contributed by atoms with Crippen LogP contribution >= 0.6 is 23.1 Å². The quantitative estimate of drug-likeness (QED) is 0.441. The molecule has 4 rings (SSSR count). The predicted octanol–water partition coefficient (Wildman–Crippen LogP) is 4.28. The number of thiazole rings is 1. The minimum absolute atomic E-state index is 0.195. The van der Waals surface area contributed by atoms with Gasteiger partial charge in [0, 0.05) is 54.0 Å². The van der Waals surface area contributed by atoms with Gasteiger partial charge in [-0.05, 0) is 38.1 Å². The molecule has 0 aliphatic carbocycles. The van der Waals surface area contributed by atoms with Crippen molar-refractivity contribution in [2.75, 3.05) is 23.7 Å². The maximum atomic E-state index is 12.9. The Balaban J connectivity index is 1.34. The van der Waals surface area contributed by atoms with Crippen molar-refractivity contribution in [3.8, 4) is 12.3 Å². The summed E-state index contributed by atoms with van der Waals surface area (Å²) >= 11 is 3.39. The van der Waals surface area contributed by atoms with Crippen LogP contribution in [0.15, 0.2) is 46.9 Å². The molecule has 1 fully saturated rings. The molecule has 3 aromatic rings. The topological polar surface area (TPSA) is 49.3 Å². The molecule has 1 aromatic carbocycles. The van der Waals surface area contributed by atoms with Gasteiger partial charge < -0.3 is 9.80 Å². The van der Waals surface area contributed by atoms with Crippen molar-refractivity contribution in [1.29, 1.82) is 0 Å². The smallest absolute Gasteiger partial charge is 0.223 e. The largest absolute Gasteiger partial charge is 0.348 e. The molecule has 0 spiro atoms. The van der Waals surface area contributed by atoms with E-state index in [1.165, 1.54) is 9.60 Å². The molecular formula is C23H24N4OS2. The molecule has 1 amide bonds. The predicted molar refractivity (Wildman–Crippen MR) is 125 cm³/mol. The number of aromatic nitrogens is 2. The first-order chi connectivity index (χ1) is 14.6. The molecule has 0 radical (unpaired) electrons. The molecule has 7 heteroatoms. The number of anilines is 1. The summed E-state index contributed by atoms with van der Waals surface area (Å²) in [5, 5.41) is 0. The number of terminal acetylenes is 1. The average molecular weight is 437 g/mol. The number of fused-ring (bicyclic) bond motifs is 1. The number of hydrogen-bond donors (Lipinski definition) is 0. The molecule has 5 nitrogen and oxygen atoms in total. The third-order valence-corrected chi connectivity index (χ3v) is 7.41. The number of pyridine rings is 1. The van der Waals surface area contributed by atoms with Gasteiger partial charge in [0.2, 0.25) is 5.91 Å². The highest BCUT2D eigenvalue weighted by Crippen LogP contribution is 2.31. The molecule has 0 N–H and O–H groups in total. The standard InChI is InChI=1S/C23H24N4OS2/c1-4-18-8-9-21(24-12-18)27-16(2)13-26(14-17(27)3)22(28)10-11-29-20-7-5-6-19-23(20)30-15-25-19/h1,5-9,12,15-17H,10-11,13-14H2,2-3H3. The lowest BCUT2D eigenvalue weighted by atomic mass is 10.1. The number of piperazine rings is 1. The van der Waals surface area contributed by atoms with Gasteiger partial charge in [-0.1, -0.05) is 12.0 Å². The van der Waals surface area contributed by atoms with Crippen LogP contribution in [0.25, 0.3) is 10.2 Å². The molecular weight excluding hydrogens is 412 g/mol. The SMILES string of the molecule is C#Cc1ccc(N2C(C)CN(C(=O)CCSc3cccc4ncsc34)CC2C)nc1. The third kappa shape index (κ3) is 4.30. The van der Waals surface area contributed by atoms with Crippen molar-refractivity contribution in [1.82, 2.24) is 14.9 Å². The second-order valence-corrected chi connectivity index (χ2v) is 9.50. The molecule has 0 saturated carbocycles. The Bertz CT molecular complexity index is 1060. The van der Waals surface area contributed by atoms with Crippen LogP contribution in [0.4, 0.5) is 5.82 Å². The minimum Gasteiger partial charge on any atom is -0.348 e. The van der Waals surface area contributed by atoms with Gasteiger partial charge in [0.15, 0.2) is 0 Å². The van der Waals surface area contributed by atoms with Crippen LogP contribution in [-0.4, -0.2) is 51.7 Å². The summed E-state index contributed by atoms with van der Waals surface area (Å²) in [5.41, 5.74) is 3.68. The zero-order valence-electron chi connectivity index (χ0n) is 17.1. The van der Waals surface area contributed by atoms with Crippen LogP contribution in [0.1, 0.15) is 25.8 Å². The lowest BCUT2D eigenvalue weighted by Gasteiger charge is -2.45. The highest BCUT2D eigenvalue weighted by Gasteiger charge is 2.32. The summed E-state index contributed by atoms with van der Waals surface area (Å²) < 4.78 is 1.20. The van der Waals surface area contributed by atoms with E-state index in [-0.39, 0.29) is 18.0 Å². The van der Waals surface area contributed by atoms with Crippen molar-refractivity contribution < 1.29 is 4.79 Å². The highest BCUT2D eigenvalue weighted by atomic mass is 32.2. The Kier molecular flexibility index (Phi) is 6.26. The maximum Gasteiger partial charge on any atom is 0.223 e. The van der Waals surface area contributed by atoms with Gasteiger partial charge in [-0.2, -0.15) is 0 Å².